The summed E-state index contributed by atoms with van der Waals surface area (Å²) in [6.45, 7) is 7.91. The maximum atomic E-state index is 12.1. The smallest absolute Gasteiger partial charge is 0.323 e. The number of aliphatic hydroxyl groups excluding tert-OH is 1. The van der Waals surface area contributed by atoms with Crippen LogP contribution >= 0.6 is 0 Å². The average Bonchev–Trinajstić information content (AvgIpc) is 2.70. The van der Waals surface area contributed by atoms with Crippen LogP contribution in [0.1, 0.15) is 52.9 Å². The number of nitrogens with zero attached hydrogens (tertiary/aromatic N) is 1. The zero-order valence-electron chi connectivity index (χ0n) is 11.9. The minimum atomic E-state index is -0.401. The molecule has 18 heavy (non-hydrogen) atoms. The van der Waals surface area contributed by atoms with Crippen LogP contribution in [0.2, 0.25) is 0 Å². The number of rotatable bonds is 6. The molecule has 0 aromatic rings. The second-order valence-corrected chi connectivity index (χ2v) is 6.01. The molecule has 1 atom stereocenters. The quantitative estimate of drug-likeness (QED) is 0.584. The number of unbranched alkanes of at least 4 members (excludes halogenated alkanes) is 2. The zero-order chi connectivity index (χ0) is 13.6. The van der Waals surface area contributed by atoms with Gasteiger partial charge in [0, 0.05) is 6.61 Å². The van der Waals surface area contributed by atoms with Gasteiger partial charge in [-0.15, -0.1) is 0 Å². The molecule has 4 heteroatoms. The third-order valence-corrected chi connectivity index (χ3v) is 3.15. The van der Waals surface area contributed by atoms with Gasteiger partial charge in [-0.3, -0.25) is 9.69 Å². The molecule has 0 radical (unpaired) electrons. The van der Waals surface area contributed by atoms with Gasteiger partial charge in [0.1, 0.15) is 11.6 Å². The van der Waals surface area contributed by atoms with Crippen LogP contribution in [0.5, 0.6) is 0 Å². The number of esters is 1. The Kier molecular flexibility index (Phi) is 6.09. The molecule has 1 rings (SSSR count). The first-order valence-electron chi connectivity index (χ1n) is 7.02. The van der Waals surface area contributed by atoms with E-state index in [-0.39, 0.29) is 18.6 Å². The third kappa shape index (κ3) is 5.36. The molecule has 0 amide bonds. The molecule has 4 nitrogen and oxygen atoms in total. The maximum absolute atomic E-state index is 12.1. The van der Waals surface area contributed by atoms with E-state index in [0.29, 0.717) is 0 Å². The second-order valence-electron chi connectivity index (χ2n) is 6.01. The van der Waals surface area contributed by atoms with E-state index >= 15 is 0 Å². The number of hydrogen-bond acceptors (Lipinski definition) is 4. The van der Waals surface area contributed by atoms with Crippen molar-refractivity contribution in [1.29, 1.82) is 0 Å². The van der Waals surface area contributed by atoms with Crippen LogP contribution < -0.4 is 0 Å². The first-order valence-corrected chi connectivity index (χ1v) is 7.02. The number of hydrogen-bond donors (Lipinski definition) is 1. The number of aliphatic hydroxyl groups is 1. The molecule has 0 bridgehead atoms. The van der Waals surface area contributed by atoms with E-state index in [0.717, 1.165) is 45.2 Å². The molecule has 0 saturated carbocycles. The lowest BCUT2D eigenvalue weighted by Crippen LogP contribution is -2.40. The van der Waals surface area contributed by atoms with Crippen molar-refractivity contribution in [3.05, 3.63) is 0 Å². The summed E-state index contributed by atoms with van der Waals surface area (Å²) in [6.07, 6.45) is 4.90. The van der Waals surface area contributed by atoms with Gasteiger partial charge < -0.3 is 9.84 Å². The van der Waals surface area contributed by atoms with Crippen molar-refractivity contribution in [1.82, 2.24) is 4.90 Å². The number of carbonyl (C=O) groups is 1. The first kappa shape index (κ1) is 15.4. The fourth-order valence-corrected chi connectivity index (χ4v) is 2.33. The van der Waals surface area contributed by atoms with Gasteiger partial charge in [0.25, 0.3) is 0 Å². The summed E-state index contributed by atoms with van der Waals surface area (Å²) in [5.41, 5.74) is -0.401. The molecule has 1 fully saturated rings. The summed E-state index contributed by atoms with van der Waals surface area (Å²) in [4.78, 5) is 14.3. The second kappa shape index (κ2) is 7.10. The monoisotopic (exact) mass is 257 g/mol. The molecule has 1 aliphatic heterocycles. The number of carbonyl (C=O) groups excluding carboxylic acids is 1. The Morgan fingerprint density at radius 2 is 2.06 bits per heavy atom. The van der Waals surface area contributed by atoms with Crippen molar-refractivity contribution < 1.29 is 14.6 Å². The van der Waals surface area contributed by atoms with Crippen LogP contribution in [0, 0.1) is 0 Å². The minimum Gasteiger partial charge on any atom is -0.459 e. The topological polar surface area (TPSA) is 49.8 Å². The van der Waals surface area contributed by atoms with Crippen LogP contribution in [0.4, 0.5) is 0 Å². The van der Waals surface area contributed by atoms with E-state index in [1.54, 1.807) is 0 Å². The van der Waals surface area contributed by atoms with E-state index in [2.05, 4.69) is 4.90 Å². The predicted molar refractivity (Wildman–Crippen MR) is 71.4 cm³/mol. The zero-order valence-corrected chi connectivity index (χ0v) is 11.9. The van der Waals surface area contributed by atoms with Gasteiger partial charge in [-0.05, 0) is 66.0 Å². The van der Waals surface area contributed by atoms with Gasteiger partial charge in [-0.2, -0.15) is 0 Å². The molecule has 0 aromatic heterocycles. The highest BCUT2D eigenvalue weighted by Crippen LogP contribution is 2.21. The van der Waals surface area contributed by atoms with Crippen molar-refractivity contribution in [2.45, 2.75) is 64.5 Å². The number of ether oxygens (including phenoxy) is 1. The predicted octanol–water partition coefficient (Wildman–Crippen LogP) is 1.96. The van der Waals surface area contributed by atoms with E-state index < -0.39 is 5.60 Å². The molecule has 1 saturated heterocycles. The van der Waals surface area contributed by atoms with Crippen LogP contribution in [0.15, 0.2) is 0 Å². The van der Waals surface area contributed by atoms with Crippen LogP contribution in [0.25, 0.3) is 0 Å². The van der Waals surface area contributed by atoms with Gasteiger partial charge in [-0.25, -0.2) is 0 Å². The van der Waals surface area contributed by atoms with Crippen LogP contribution in [-0.2, 0) is 9.53 Å². The van der Waals surface area contributed by atoms with Crippen molar-refractivity contribution >= 4 is 5.97 Å². The largest absolute Gasteiger partial charge is 0.459 e. The van der Waals surface area contributed by atoms with Crippen molar-refractivity contribution in [2.75, 3.05) is 19.7 Å². The average molecular weight is 257 g/mol. The fraction of sp³-hybridized carbons (Fsp3) is 0.929. The van der Waals surface area contributed by atoms with E-state index in [4.69, 9.17) is 9.84 Å². The lowest BCUT2D eigenvalue weighted by atomic mass is 10.1. The lowest BCUT2D eigenvalue weighted by molar-refractivity contribution is -0.160. The summed E-state index contributed by atoms with van der Waals surface area (Å²) in [7, 11) is 0. The standard InChI is InChI=1S/C14H27NO3/c1-14(2,3)18-13(17)12-8-7-10-15(12)9-5-4-6-11-16/h12,16H,4-11H2,1-3H3/t12-/m0/s1. The molecule has 0 aliphatic carbocycles. The maximum Gasteiger partial charge on any atom is 0.323 e. The molecule has 0 spiro atoms. The normalized spacial score (nSPS) is 21.2. The Balaban J connectivity index is 2.36. The van der Waals surface area contributed by atoms with Crippen molar-refractivity contribution in [2.24, 2.45) is 0 Å². The Morgan fingerprint density at radius 1 is 1.33 bits per heavy atom. The van der Waals surface area contributed by atoms with Gasteiger partial charge in [0.05, 0.1) is 0 Å². The van der Waals surface area contributed by atoms with Crippen LogP contribution in [-0.4, -0.2) is 47.3 Å². The SMILES string of the molecule is CC(C)(C)OC(=O)[C@@H]1CCCN1CCCCCO. The molecule has 1 N–H and O–H groups in total. The lowest BCUT2D eigenvalue weighted by Gasteiger charge is -2.27. The summed E-state index contributed by atoms with van der Waals surface area (Å²) >= 11 is 0. The molecule has 1 aliphatic rings. The summed E-state index contributed by atoms with van der Waals surface area (Å²) in [6, 6.07) is -0.0571. The third-order valence-electron chi connectivity index (χ3n) is 3.15. The number of likely N-dealkylation sites (tertiary alicyclic amines) is 1. The van der Waals surface area contributed by atoms with Gasteiger partial charge in [0.2, 0.25) is 0 Å². The Bertz CT molecular complexity index is 260. The minimum absolute atomic E-state index is 0.0571. The highest BCUT2D eigenvalue weighted by Gasteiger charge is 2.33. The molecule has 1 heterocycles. The summed E-state index contributed by atoms with van der Waals surface area (Å²) < 4.78 is 5.46. The molecular weight excluding hydrogens is 230 g/mol. The van der Waals surface area contributed by atoms with Gasteiger partial charge in [0.15, 0.2) is 0 Å². The van der Waals surface area contributed by atoms with Gasteiger partial charge >= 0.3 is 5.97 Å². The summed E-state index contributed by atoms with van der Waals surface area (Å²) in [5, 5.41) is 8.74. The van der Waals surface area contributed by atoms with Gasteiger partial charge in [-0.1, -0.05) is 0 Å². The molecule has 106 valence electrons. The van der Waals surface area contributed by atoms with Crippen molar-refractivity contribution in [3.63, 3.8) is 0 Å². The highest BCUT2D eigenvalue weighted by molar-refractivity contribution is 5.76. The first-order chi connectivity index (χ1) is 8.44. The Morgan fingerprint density at radius 3 is 2.67 bits per heavy atom. The van der Waals surface area contributed by atoms with E-state index in [1.165, 1.54) is 0 Å². The van der Waals surface area contributed by atoms with Crippen molar-refractivity contribution in [3.8, 4) is 0 Å². The van der Waals surface area contributed by atoms with Crippen LogP contribution in [0.3, 0.4) is 0 Å². The Labute approximate surface area is 110 Å². The van der Waals surface area contributed by atoms with E-state index in [9.17, 15) is 4.79 Å². The Hall–Kier alpha value is -0.610. The highest BCUT2D eigenvalue weighted by atomic mass is 16.6. The molecule has 0 aromatic carbocycles. The molecule has 0 unspecified atom stereocenters. The summed E-state index contributed by atoms with van der Waals surface area (Å²) in [5.74, 6) is -0.0813. The van der Waals surface area contributed by atoms with E-state index in [1.807, 2.05) is 20.8 Å². The fourth-order valence-electron chi connectivity index (χ4n) is 2.33. The molecular formula is C14H27NO3.